The van der Waals surface area contributed by atoms with Gasteiger partial charge in [0.25, 0.3) is 0 Å². The van der Waals surface area contributed by atoms with E-state index in [1.807, 2.05) is 18.3 Å². The van der Waals surface area contributed by atoms with E-state index in [1.165, 1.54) is 24.9 Å². The van der Waals surface area contributed by atoms with Crippen molar-refractivity contribution in [2.24, 2.45) is 0 Å². The Morgan fingerprint density at radius 1 is 1.27 bits per heavy atom. The molecule has 2 aliphatic heterocycles. The van der Waals surface area contributed by atoms with Gasteiger partial charge in [-0.15, -0.1) is 0 Å². The molecule has 140 valence electrons. The van der Waals surface area contributed by atoms with Gasteiger partial charge in [-0.2, -0.15) is 5.10 Å². The van der Waals surface area contributed by atoms with Crippen LogP contribution in [0.15, 0.2) is 30.5 Å². The average molecular weight is 356 g/mol. The maximum atomic E-state index is 9.51. The van der Waals surface area contributed by atoms with Crippen molar-refractivity contribution in [2.75, 3.05) is 33.4 Å². The van der Waals surface area contributed by atoms with E-state index in [1.54, 1.807) is 7.11 Å². The molecular formula is C20H28N4O2. The van der Waals surface area contributed by atoms with E-state index < -0.39 is 0 Å². The predicted octanol–water partition coefficient (Wildman–Crippen LogP) is 2.12. The van der Waals surface area contributed by atoms with Crippen molar-refractivity contribution in [3.63, 3.8) is 0 Å². The van der Waals surface area contributed by atoms with Gasteiger partial charge < -0.3 is 9.84 Å². The van der Waals surface area contributed by atoms with Crippen LogP contribution in [0.1, 0.15) is 24.8 Å². The van der Waals surface area contributed by atoms with Crippen molar-refractivity contribution in [1.82, 2.24) is 20.0 Å². The van der Waals surface area contributed by atoms with Crippen molar-refractivity contribution >= 4 is 0 Å². The highest BCUT2D eigenvalue weighted by Crippen LogP contribution is 2.29. The molecule has 1 aromatic heterocycles. The molecular weight excluding hydrogens is 328 g/mol. The Balaban J connectivity index is 1.53. The summed E-state index contributed by atoms with van der Waals surface area (Å²) in [7, 11) is 1.68. The number of aromatic amines is 1. The summed E-state index contributed by atoms with van der Waals surface area (Å²) in [5, 5.41) is 17.0. The Morgan fingerprint density at radius 3 is 2.88 bits per heavy atom. The minimum absolute atomic E-state index is 0.246. The van der Waals surface area contributed by atoms with Crippen LogP contribution in [0.5, 0.6) is 5.75 Å². The van der Waals surface area contributed by atoms with Crippen molar-refractivity contribution in [3.05, 3.63) is 36.0 Å². The third kappa shape index (κ3) is 3.49. The van der Waals surface area contributed by atoms with Crippen LogP contribution in [0.4, 0.5) is 0 Å². The van der Waals surface area contributed by atoms with Gasteiger partial charge in [0.05, 0.1) is 19.0 Å². The summed E-state index contributed by atoms with van der Waals surface area (Å²) in [5.41, 5.74) is 3.41. The van der Waals surface area contributed by atoms with E-state index in [9.17, 15) is 5.11 Å². The van der Waals surface area contributed by atoms with Gasteiger partial charge in [0.1, 0.15) is 5.75 Å². The van der Waals surface area contributed by atoms with Crippen LogP contribution in [-0.2, 0) is 6.54 Å². The SMILES string of the molecule is COc1ccc(-c2[nH]ncc2CN2C[C@@H]3CCCN3C[C@@H]2CCO)cc1. The molecule has 2 N–H and O–H groups in total. The van der Waals surface area contributed by atoms with E-state index >= 15 is 0 Å². The lowest BCUT2D eigenvalue weighted by Gasteiger charge is -2.43. The quantitative estimate of drug-likeness (QED) is 0.830. The number of rotatable bonds is 6. The molecule has 0 spiro atoms. The highest BCUT2D eigenvalue weighted by molar-refractivity contribution is 5.63. The number of methoxy groups -OCH3 is 1. The second kappa shape index (κ2) is 7.78. The van der Waals surface area contributed by atoms with Gasteiger partial charge in [-0.1, -0.05) is 0 Å². The Kier molecular flexibility index (Phi) is 5.24. The summed E-state index contributed by atoms with van der Waals surface area (Å²) < 4.78 is 5.26. The van der Waals surface area contributed by atoms with Crippen molar-refractivity contribution < 1.29 is 9.84 Å². The Bertz CT molecular complexity index is 715. The summed E-state index contributed by atoms with van der Waals surface area (Å²) in [5.74, 6) is 0.857. The fraction of sp³-hybridized carbons (Fsp3) is 0.550. The van der Waals surface area contributed by atoms with E-state index in [0.29, 0.717) is 12.1 Å². The number of nitrogens with zero attached hydrogens (tertiary/aromatic N) is 3. The number of benzene rings is 1. The Labute approximate surface area is 154 Å². The van der Waals surface area contributed by atoms with Crippen LogP contribution in [0.2, 0.25) is 0 Å². The molecule has 2 aliphatic rings. The van der Waals surface area contributed by atoms with Crippen LogP contribution in [0, 0.1) is 0 Å². The molecule has 0 amide bonds. The summed E-state index contributed by atoms with van der Waals surface area (Å²) in [4.78, 5) is 5.15. The fourth-order valence-electron chi connectivity index (χ4n) is 4.42. The summed E-state index contributed by atoms with van der Waals surface area (Å²) in [6.45, 7) is 4.48. The van der Waals surface area contributed by atoms with Crippen molar-refractivity contribution in [3.8, 4) is 17.0 Å². The first-order valence-corrected chi connectivity index (χ1v) is 9.54. The number of aliphatic hydroxyl groups excluding tert-OH is 1. The molecule has 2 aromatic rings. The third-order valence-corrected chi connectivity index (χ3v) is 5.84. The number of piperazine rings is 1. The molecule has 0 unspecified atom stereocenters. The number of H-pyrrole nitrogens is 1. The first kappa shape index (κ1) is 17.5. The minimum atomic E-state index is 0.246. The monoisotopic (exact) mass is 356 g/mol. The normalized spacial score (nSPS) is 23.9. The predicted molar refractivity (Wildman–Crippen MR) is 101 cm³/mol. The maximum Gasteiger partial charge on any atom is 0.118 e. The van der Waals surface area contributed by atoms with Gasteiger partial charge in [-0.05, 0) is 50.1 Å². The molecule has 1 aromatic carbocycles. The summed E-state index contributed by atoms with van der Waals surface area (Å²) in [6, 6.07) is 9.16. The fourth-order valence-corrected chi connectivity index (χ4v) is 4.42. The number of ether oxygens (including phenoxy) is 1. The largest absolute Gasteiger partial charge is 0.497 e. The minimum Gasteiger partial charge on any atom is -0.497 e. The van der Waals surface area contributed by atoms with E-state index in [-0.39, 0.29) is 6.61 Å². The molecule has 0 bridgehead atoms. The number of fused-ring (bicyclic) bond motifs is 1. The molecule has 26 heavy (non-hydrogen) atoms. The molecule has 2 fully saturated rings. The smallest absolute Gasteiger partial charge is 0.118 e. The van der Waals surface area contributed by atoms with Gasteiger partial charge >= 0.3 is 0 Å². The van der Waals surface area contributed by atoms with Gasteiger partial charge in [0, 0.05) is 49.5 Å². The number of aliphatic hydroxyl groups is 1. The lowest BCUT2D eigenvalue weighted by molar-refractivity contribution is 0.0334. The molecule has 0 saturated carbocycles. The molecule has 0 aliphatic carbocycles. The molecule has 6 nitrogen and oxygen atoms in total. The zero-order valence-electron chi connectivity index (χ0n) is 15.4. The second-order valence-electron chi connectivity index (χ2n) is 7.39. The number of aromatic nitrogens is 2. The first-order chi connectivity index (χ1) is 12.8. The van der Waals surface area contributed by atoms with Gasteiger partial charge in [-0.25, -0.2) is 0 Å². The molecule has 6 heteroatoms. The zero-order valence-corrected chi connectivity index (χ0v) is 15.4. The van der Waals surface area contributed by atoms with E-state index in [2.05, 4.69) is 32.1 Å². The van der Waals surface area contributed by atoms with Gasteiger partial charge in [0.2, 0.25) is 0 Å². The zero-order chi connectivity index (χ0) is 17.9. The van der Waals surface area contributed by atoms with Crippen molar-refractivity contribution in [2.45, 2.75) is 37.9 Å². The van der Waals surface area contributed by atoms with Gasteiger partial charge in [-0.3, -0.25) is 14.9 Å². The lowest BCUT2D eigenvalue weighted by atomic mass is 10.0. The molecule has 0 radical (unpaired) electrons. The summed E-state index contributed by atoms with van der Waals surface area (Å²) >= 11 is 0. The first-order valence-electron chi connectivity index (χ1n) is 9.54. The van der Waals surface area contributed by atoms with E-state index in [0.717, 1.165) is 43.1 Å². The standard InChI is InChI=1S/C20H28N4O2/c1-26-19-6-4-15(5-7-19)20-16(11-21-22-20)12-24-14-17-3-2-9-23(17)13-18(24)8-10-25/h4-7,11,17-18,25H,2-3,8-10,12-14H2,1H3,(H,21,22)/t17-,18-/m0/s1. The number of hydrogen-bond donors (Lipinski definition) is 2. The van der Waals surface area contributed by atoms with Gasteiger partial charge in [0.15, 0.2) is 0 Å². The van der Waals surface area contributed by atoms with Crippen LogP contribution in [0.3, 0.4) is 0 Å². The maximum absolute atomic E-state index is 9.51. The second-order valence-corrected chi connectivity index (χ2v) is 7.39. The molecule has 2 saturated heterocycles. The van der Waals surface area contributed by atoms with E-state index in [4.69, 9.17) is 4.74 Å². The highest BCUT2D eigenvalue weighted by atomic mass is 16.5. The Morgan fingerprint density at radius 2 is 2.12 bits per heavy atom. The molecule has 3 heterocycles. The number of nitrogens with one attached hydrogen (secondary N) is 1. The molecule has 2 atom stereocenters. The summed E-state index contributed by atoms with van der Waals surface area (Å²) in [6.07, 6.45) is 5.36. The number of hydrogen-bond acceptors (Lipinski definition) is 5. The third-order valence-electron chi connectivity index (χ3n) is 5.84. The van der Waals surface area contributed by atoms with Crippen LogP contribution in [-0.4, -0.2) is 70.5 Å². The average Bonchev–Trinajstić information content (AvgIpc) is 3.31. The van der Waals surface area contributed by atoms with Crippen LogP contribution in [0.25, 0.3) is 11.3 Å². The van der Waals surface area contributed by atoms with Crippen LogP contribution >= 0.6 is 0 Å². The lowest BCUT2D eigenvalue weighted by Crippen LogP contribution is -2.55. The Hall–Kier alpha value is -1.89. The topological polar surface area (TPSA) is 64.6 Å². The molecule has 4 rings (SSSR count). The van der Waals surface area contributed by atoms with Crippen molar-refractivity contribution in [1.29, 1.82) is 0 Å². The highest BCUT2D eigenvalue weighted by Gasteiger charge is 2.36. The van der Waals surface area contributed by atoms with Crippen LogP contribution < -0.4 is 4.74 Å².